The third kappa shape index (κ3) is 4.12. The monoisotopic (exact) mass is 410 g/mol. The van der Waals surface area contributed by atoms with Gasteiger partial charge in [-0.1, -0.05) is 6.07 Å². The molecule has 4 heterocycles. The number of rotatable bonds is 7. The second-order valence-electron chi connectivity index (χ2n) is 6.71. The van der Waals surface area contributed by atoms with E-state index in [9.17, 15) is 9.90 Å². The summed E-state index contributed by atoms with van der Waals surface area (Å²) in [5.74, 6) is 1.06. The molecule has 1 aliphatic heterocycles. The largest absolute Gasteiger partial charge is 0.486 e. The molecule has 0 unspecified atom stereocenters. The zero-order chi connectivity index (χ0) is 20.9. The summed E-state index contributed by atoms with van der Waals surface area (Å²) in [6.07, 6.45) is 4.92. The molecule has 10 nitrogen and oxygen atoms in total. The van der Waals surface area contributed by atoms with Crippen LogP contribution in [0, 0.1) is 0 Å². The highest BCUT2D eigenvalue weighted by Crippen LogP contribution is 2.25. The number of methoxy groups -OCH3 is 1. The maximum Gasteiger partial charge on any atom is 0.339 e. The van der Waals surface area contributed by atoms with Gasteiger partial charge in [0.2, 0.25) is 5.88 Å². The van der Waals surface area contributed by atoms with E-state index in [0.29, 0.717) is 0 Å². The van der Waals surface area contributed by atoms with Crippen LogP contribution in [0.2, 0.25) is 0 Å². The number of hydrogen-bond donors (Lipinski definition) is 2. The number of H-pyrrole nitrogens is 1. The molecule has 156 valence electrons. The molecule has 0 spiro atoms. The maximum atomic E-state index is 11.5. The zero-order valence-electron chi connectivity index (χ0n) is 16.5. The van der Waals surface area contributed by atoms with Crippen molar-refractivity contribution in [1.82, 2.24) is 20.2 Å². The highest BCUT2D eigenvalue weighted by atomic mass is 16.5. The fourth-order valence-electron chi connectivity index (χ4n) is 3.38. The Morgan fingerprint density at radius 3 is 2.70 bits per heavy atom. The molecule has 2 N–H and O–H groups in total. The number of piperazine rings is 1. The van der Waals surface area contributed by atoms with Crippen LogP contribution in [-0.4, -0.2) is 64.5 Å². The van der Waals surface area contributed by atoms with Crippen LogP contribution in [0.25, 0.3) is 0 Å². The van der Waals surface area contributed by atoms with Gasteiger partial charge in [-0.05, 0) is 6.07 Å². The van der Waals surface area contributed by atoms with E-state index in [0.717, 1.165) is 43.4 Å². The molecule has 0 aromatic carbocycles. The quantitative estimate of drug-likeness (QED) is 0.601. The summed E-state index contributed by atoms with van der Waals surface area (Å²) >= 11 is 0. The van der Waals surface area contributed by atoms with E-state index in [1.807, 2.05) is 24.4 Å². The summed E-state index contributed by atoms with van der Waals surface area (Å²) in [5.41, 5.74) is 0.873. The predicted octanol–water partition coefficient (Wildman–Crippen LogP) is 1.81. The number of aromatic amines is 1. The molecular weight excluding hydrogens is 388 g/mol. The highest BCUT2D eigenvalue weighted by Gasteiger charge is 2.22. The molecule has 3 aromatic rings. The van der Waals surface area contributed by atoms with Crippen LogP contribution in [0.15, 0.2) is 42.9 Å². The maximum absolute atomic E-state index is 11.5. The summed E-state index contributed by atoms with van der Waals surface area (Å²) in [5, 5.41) is 16.5. The van der Waals surface area contributed by atoms with Crippen LogP contribution in [0.5, 0.6) is 11.6 Å². The third-order valence-corrected chi connectivity index (χ3v) is 4.92. The smallest absolute Gasteiger partial charge is 0.339 e. The normalized spacial score (nSPS) is 13.9. The molecule has 0 aliphatic carbocycles. The average Bonchev–Trinajstić information content (AvgIpc) is 3.33. The van der Waals surface area contributed by atoms with Gasteiger partial charge >= 0.3 is 5.97 Å². The fourth-order valence-corrected chi connectivity index (χ4v) is 3.38. The minimum Gasteiger partial charge on any atom is -0.486 e. The molecule has 0 saturated carbocycles. The van der Waals surface area contributed by atoms with Crippen molar-refractivity contribution in [2.75, 3.05) is 43.1 Å². The van der Waals surface area contributed by atoms with Crippen molar-refractivity contribution < 1.29 is 19.4 Å². The van der Waals surface area contributed by atoms with Gasteiger partial charge in [-0.3, -0.25) is 5.10 Å². The van der Waals surface area contributed by atoms with Crippen molar-refractivity contribution >= 4 is 17.6 Å². The fraction of sp³-hybridized carbons (Fsp3) is 0.300. The first-order chi connectivity index (χ1) is 14.7. The molecule has 10 heteroatoms. The zero-order valence-corrected chi connectivity index (χ0v) is 16.5. The van der Waals surface area contributed by atoms with Crippen molar-refractivity contribution in [3.63, 3.8) is 0 Å². The molecule has 3 aromatic heterocycles. The molecular formula is C20H22N6O4. The molecule has 4 rings (SSSR count). The SMILES string of the molecule is COc1cc(C(=O)O)c(OCc2cccnc2N2CCN(c3cc[nH]n3)CC2)cn1. The number of nitrogens with one attached hydrogen (secondary N) is 1. The Balaban J connectivity index is 1.46. The van der Waals surface area contributed by atoms with Gasteiger partial charge in [-0.2, -0.15) is 5.10 Å². The van der Waals surface area contributed by atoms with Gasteiger partial charge in [0.05, 0.1) is 13.3 Å². The molecule has 0 amide bonds. The standard InChI is InChI=1S/C20H22N6O4/c1-29-18-11-15(20(27)28)16(12-22-18)30-13-14-3-2-5-21-19(14)26-9-7-25(8-10-26)17-4-6-23-24-17/h2-6,11-12H,7-10,13H2,1H3,(H,23,24)(H,27,28). The minimum absolute atomic E-state index is 0.0000859. The first-order valence-electron chi connectivity index (χ1n) is 9.49. The van der Waals surface area contributed by atoms with Gasteiger partial charge in [0.25, 0.3) is 0 Å². The Morgan fingerprint density at radius 1 is 1.20 bits per heavy atom. The summed E-state index contributed by atoms with van der Waals surface area (Å²) in [4.78, 5) is 24.6. The lowest BCUT2D eigenvalue weighted by molar-refractivity contribution is 0.0691. The lowest BCUT2D eigenvalue weighted by Gasteiger charge is -2.36. The lowest BCUT2D eigenvalue weighted by Crippen LogP contribution is -2.47. The van der Waals surface area contributed by atoms with Gasteiger partial charge in [-0.15, -0.1) is 0 Å². The Kier molecular flexibility index (Phi) is 5.64. The van der Waals surface area contributed by atoms with Gasteiger partial charge in [0.15, 0.2) is 5.75 Å². The number of hydrogen-bond acceptors (Lipinski definition) is 8. The van der Waals surface area contributed by atoms with Crippen molar-refractivity contribution in [2.24, 2.45) is 0 Å². The number of anilines is 2. The first kappa shape index (κ1) is 19.5. The van der Waals surface area contributed by atoms with E-state index in [1.165, 1.54) is 19.4 Å². The third-order valence-electron chi connectivity index (χ3n) is 4.92. The number of pyridine rings is 2. The van der Waals surface area contributed by atoms with Gasteiger partial charge in [0.1, 0.15) is 23.8 Å². The molecule has 1 saturated heterocycles. The number of aromatic nitrogens is 4. The first-order valence-corrected chi connectivity index (χ1v) is 9.49. The average molecular weight is 410 g/mol. The van der Waals surface area contributed by atoms with Gasteiger partial charge < -0.3 is 24.4 Å². The second kappa shape index (κ2) is 8.68. The van der Waals surface area contributed by atoms with E-state index < -0.39 is 5.97 Å². The summed E-state index contributed by atoms with van der Waals surface area (Å²) < 4.78 is 10.8. The highest BCUT2D eigenvalue weighted by molar-refractivity contribution is 5.91. The Morgan fingerprint density at radius 2 is 2.00 bits per heavy atom. The number of carboxylic acids is 1. The van der Waals surface area contributed by atoms with Crippen molar-refractivity contribution in [3.8, 4) is 11.6 Å². The number of carbonyl (C=O) groups is 1. The number of nitrogens with zero attached hydrogens (tertiary/aromatic N) is 5. The van der Waals surface area contributed by atoms with E-state index in [1.54, 1.807) is 6.20 Å². The summed E-state index contributed by atoms with van der Waals surface area (Å²) in [7, 11) is 1.43. The Hall–Kier alpha value is -3.82. The topological polar surface area (TPSA) is 117 Å². The van der Waals surface area contributed by atoms with Gasteiger partial charge in [0, 0.05) is 56.3 Å². The Labute approximate surface area is 173 Å². The molecule has 1 fully saturated rings. The molecule has 0 bridgehead atoms. The Bertz CT molecular complexity index is 1000. The molecule has 0 atom stereocenters. The van der Waals surface area contributed by atoms with Gasteiger partial charge in [-0.25, -0.2) is 14.8 Å². The summed E-state index contributed by atoms with van der Waals surface area (Å²) in [6.45, 7) is 3.42. The van der Waals surface area contributed by atoms with Crippen LogP contribution in [-0.2, 0) is 6.61 Å². The number of carboxylic acid groups (broad SMARTS) is 1. The molecule has 0 radical (unpaired) electrons. The second-order valence-corrected chi connectivity index (χ2v) is 6.71. The van der Waals surface area contributed by atoms with Crippen molar-refractivity contribution in [2.45, 2.75) is 6.61 Å². The van der Waals surface area contributed by atoms with E-state index >= 15 is 0 Å². The van der Waals surface area contributed by atoms with Crippen LogP contribution in [0.1, 0.15) is 15.9 Å². The number of ether oxygens (including phenoxy) is 2. The van der Waals surface area contributed by atoms with Crippen LogP contribution < -0.4 is 19.3 Å². The van der Waals surface area contributed by atoms with E-state index in [-0.39, 0.29) is 23.8 Å². The van der Waals surface area contributed by atoms with Crippen molar-refractivity contribution in [3.05, 3.63) is 54.0 Å². The van der Waals surface area contributed by atoms with Crippen LogP contribution in [0.4, 0.5) is 11.6 Å². The van der Waals surface area contributed by atoms with E-state index in [4.69, 9.17) is 9.47 Å². The lowest BCUT2D eigenvalue weighted by atomic mass is 10.2. The van der Waals surface area contributed by atoms with E-state index in [2.05, 4.69) is 30.0 Å². The van der Waals surface area contributed by atoms with Crippen LogP contribution in [0.3, 0.4) is 0 Å². The summed E-state index contributed by atoms with van der Waals surface area (Å²) in [6, 6.07) is 7.07. The van der Waals surface area contributed by atoms with Crippen molar-refractivity contribution in [1.29, 1.82) is 0 Å². The predicted molar refractivity (Wildman–Crippen MR) is 109 cm³/mol. The molecule has 1 aliphatic rings. The van der Waals surface area contributed by atoms with Crippen LogP contribution >= 0.6 is 0 Å². The number of aromatic carboxylic acids is 1. The minimum atomic E-state index is -1.11. The molecule has 30 heavy (non-hydrogen) atoms.